The first-order valence-electron chi connectivity index (χ1n) is 5.82. The quantitative estimate of drug-likeness (QED) is 0.738. The maximum atomic E-state index is 11.2. The summed E-state index contributed by atoms with van der Waals surface area (Å²) in [5.41, 5.74) is 1.99. The number of anilines is 1. The summed E-state index contributed by atoms with van der Waals surface area (Å²) >= 11 is 0. The molecule has 0 aliphatic carbocycles. The smallest absolute Gasteiger partial charge is 0.154 e. The number of piperidine rings is 1. The minimum atomic E-state index is 0.345. The third-order valence-electron chi connectivity index (χ3n) is 3.11. The van der Waals surface area contributed by atoms with Gasteiger partial charge in [0, 0.05) is 38.3 Å². The summed E-state index contributed by atoms with van der Waals surface area (Å²) in [6.45, 7) is 3.49. The number of Topliss-reactive ketones (excluding diaryl/α,β-unsaturated/α-hetero) is 1. The minimum absolute atomic E-state index is 0.345. The van der Waals surface area contributed by atoms with Crippen LogP contribution in [0, 0.1) is 6.92 Å². The maximum absolute atomic E-state index is 11.2. The Morgan fingerprint density at radius 3 is 2.82 bits per heavy atom. The average molecular weight is 230 g/mol. The van der Waals surface area contributed by atoms with Crippen molar-refractivity contribution in [2.75, 3.05) is 18.0 Å². The highest BCUT2D eigenvalue weighted by molar-refractivity contribution is 5.82. The number of hydrogen-bond donors (Lipinski definition) is 0. The summed E-state index contributed by atoms with van der Waals surface area (Å²) in [4.78, 5) is 17.8. The molecule has 1 saturated heterocycles. The molecule has 0 radical (unpaired) electrons. The van der Waals surface area contributed by atoms with Crippen LogP contribution in [0.5, 0.6) is 0 Å². The van der Waals surface area contributed by atoms with E-state index in [0.717, 1.165) is 30.1 Å². The molecular formula is C12H14N4O. The van der Waals surface area contributed by atoms with Crippen molar-refractivity contribution in [3.8, 4) is 0 Å². The molecule has 17 heavy (non-hydrogen) atoms. The second-order valence-electron chi connectivity index (χ2n) is 4.39. The molecule has 1 aliphatic rings. The normalized spacial score (nSPS) is 16.8. The molecule has 0 bridgehead atoms. The lowest BCUT2D eigenvalue weighted by Crippen LogP contribution is -2.34. The van der Waals surface area contributed by atoms with E-state index in [9.17, 15) is 4.79 Å². The Labute approximate surface area is 99.1 Å². The van der Waals surface area contributed by atoms with Gasteiger partial charge < -0.3 is 4.90 Å². The first-order chi connectivity index (χ1) is 8.24. The van der Waals surface area contributed by atoms with Gasteiger partial charge in [-0.1, -0.05) is 0 Å². The van der Waals surface area contributed by atoms with Crippen LogP contribution in [-0.2, 0) is 4.79 Å². The summed E-state index contributed by atoms with van der Waals surface area (Å²) < 4.78 is 1.84. The van der Waals surface area contributed by atoms with Crippen LogP contribution >= 0.6 is 0 Å². The van der Waals surface area contributed by atoms with Gasteiger partial charge in [-0.3, -0.25) is 4.79 Å². The van der Waals surface area contributed by atoms with Gasteiger partial charge in [0.25, 0.3) is 0 Å². The zero-order valence-corrected chi connectivity index (χ0v) is 9.76. The van der Waals surface area contributed by atoms with Gasteiger partial charge in [0.05, 0.1) is 5.69 Å². The maximum Gasteiger partial charge on any atom is 0.154 e. The summed E-state index contributed by atoms with van der Waals surface area (Å²) in [5, 5.41) is 4.37. The predicted octanol–water partition coefficient (Wildman–Crippen LogP) is 1.21. The number of carbonyl (C=O) groups is 1. The zero-order chi connectivity index (χ0) is 11.8. The van der Waals surface area contributed by atoms with E-state index in [1.807, 2.05) is 23.7 Å². The average Bonchev–Trinajstić information content (AvgIpc) is 2.70. The molecule has 3 heterocycles. The third-order valence-corrected chi connectivity index (χ3v) is 3.11. The number of aryl methyl sites for hydroxylation is 1. The molecule has 5 heteroatoms. The molecule has 5 nitrogen and oxygen atoms in total. The van der Waals surface area contributed by atoms with Gasteiger partial charge in [-0.05, 0) is 13.0 Å². The van der Waals surface area contributed by atoms with E-state index in [4.69, 9.17) is 0 Å². The lowest BCUT2D eigenvalue weighted by Gasteiger charge is -2.27. The van der Waals surface area contributed by atoms with Crippen LogP contribution in [0.25, 0.3) is 5.52 Å². The van der Waals surface area contributed by atoms with Crippen LogP contribution in [0.4, 0.5) is 5.82 Å². The van der Waals surface area contributed by atoms with Gasteiger partial charge >= 0.3 is 0 Å². The van der Waals surface area contributed by atoms with Crippen molar-refractivity contribution in [2.45, 2.75) is 19.8 Å². The minimum Gasteiger partial charge on any atom is -0.354 e. The van der Waals surface area contributed by atoms with Crippen molar-refractivity contribution >= 4 is 17.1 Å². The van der Waals surface area contributed by atoms with Crippen molar-refractivity contribution < 1.29 is 4.79 Å². The fraction of sp³-hybridized carbons (Fsp3) is 0.417. The third kappa shape index (κ3) is 1.77. The van der Waals surface area contributed by atoms with Gasteiger partial charge in [-0.15, -0.1) is 0 Å². The van der Waals surface area contributed by atoms with Crippen molar-refractivity contribution in [1.29, 1.82) is 0 Å². The van der Waals surface area contributed by atoms with Crippen molar-refractivity contribution in [1.82, 2.24) is 14.6 Å². The SMILES string of the molecule is Cc1cc2c(N3CCC(=O)CC3)nccn2n1. The molecule has 3 rings (SSSR count). The Morgan fingerprint density at radius 2 is 2.06 bits per heavy atom. The van der Waals surface area contributed by atoms with Crippen molar-refractivity contribution in [2.24, 2.45) is 0 Å². The van der Waals surface area contributed by atoms with Gasteiger partial charge in [0.1, 0.15) is 11.3 Å². The number of ketones is 1. The summed E-state index contributed by atoms with van der Waals surface area (Å²) in [7, 11) is 0. The predicted molar refractivity (Wildman–Crippen MR) is 64.2 cm³/mol. The molecule has 0 unspecified atom stereocenters. The Bertz CT molecular complexity index is 565. The number of nitrogens with zero attached hydrogens (tertiary/aromatic N) is 4. The lowest BCUT2D eigenvalue weighted by atomic mass is 10.1. The Morgan fingerprint density at radius 1 is 1.29 bits per heavy atom. The highest BCUT2D eigenvalue weighted by atomic mass is 16.1. The molecule has 1 aliphatic heterocycles. The molecule has 0 aromatic carbocycles. The van der Waals surface area contributed by atoms with Crippen LogP contribution < -0.4 is 4.90 Å². The van der Waals surface area contributed by atoms with Crippen molar-refractivity contribution in [3.63, 3.8) is 0 Å². The van der Waals surface area contributed by atoms with E-state index in [2.05, 4.69) is 15.0 Å². The standard InChI is InChI=1S/C12H14N4O/c1-9-8-11-12(13-4-7-16(11)14-9)15-5-2-10(17)3-6-15/h4,7-8H,2-3,5-6H2,1H3. The Hall–Kier alpha value is -1.91. The molecule has 0 atom stereocenters. The lowest BCUT2D eigenvalue weighted by molar-refractivity contribution is -0.119. The van der Waals surface area contributed by atoms with Crippen LogP contribution in [-0.4, -0.2) is 33.5 Å². The molecule has 88 valence electrons. The second-order valence-corrected chi connectivity index (χ2v) is 4.39. The summed E-state index contributed by atoms with van der Waals surface area (Å²) in [6, 6.07) is 2.03. The van der Waals surface area contributed by atoms with Gasteiger partial charge in [0.15, 0.2) is 5.82 Å². The topological polar surface area (TPSA) is 50.5 Å². The summed E-state index contributed by atoms with van der Waals surface area (Å²) in [5.74, 6) is 1.28. The van der Waals surface area contributed by atoms with E-state index in [1.54, 1.807) is 6.20 Å². The summed E-state index contributed by atoms with van der Waals surface area (Å²) in [6.07, 6.45) is 4.85. The molecule has 1 fully saturated rings. The fourth-order valence-corrected chi connectivity index (χ4v) is 2.24. The number of fused-ring (bicyclic) bond motifs is 1. The first-order valence-corrected chi connectivity index (χ1v) is 5.82. The van der Waals surface area contributed by atoms with E-state index >= 15 is 0 Å². The Balaban J connectivity index is 2.02. The number of carbonyl (C=O) groups excluding carboxylic acids is 1. The second kappa shape index (κ2) is 3.84. The highest BCUT2D eigenvalue weighted by Gasteiger charge is 2.19. The van der Waals surface area contributed by atoms with E-state index in [1.165, 1.54) is 0 Å². The van der Waals surface area contributed by atoms with Crippen LogP contribution in [0.3, 0.4) is 0 Å². The van der Waals surface area contributed by atoms with Gasteiger partial charge in [-0.2, -0.15) is 5.10 Å². The molecular weight excluding hydrogens is 216 g/mol. The van der Waals surface area contributed by atoms with E-state index in [0.29, 0.717) is 18.6 Å². The molecule has 2 aromatic heterocycles. The van der Waals surface area contributed by atoms with Gasteiger partial charge in [-0.25, -0.2) is 9.50 Å². The fourth-order valence-electron chi connectivity index (χ4n) is 2.24. The monoisotopic (exact) mass is 230 g/mol. The molecule has 0 N–H and O–H groups in total. The molecule has 2 aromatic rings. The van der Waals surface area contributed by atoms with E-state index < -0.39 is 0 Å². The Kier molecular flexibility index (Phi) is 2.31. The van der Waals surface area contributed by atoms with Crippen LogP contribution in [0.1, 0.15) is 18.5 Å². The largest absolute Gasteiger partial charge is 0.354 e. The number of rotatable bonds is 1. The number of aromatic nitrogens is 3. The molecule has 0 saturated carbocycles. The first kappa shape index (κ1) is 10.3. The number of hydrogen-bond acceptors (Lipinski definition) is 4. The molecule has 0 spiro atoms. The van der Waals surface area contributed by atoms with Crippen molar-refractivity contribution in [3.05, 3.63) is 24.2 Å². The van der Waals surface area contributed by atoms with Crippen LogP contribution in [0.15, 0.2) is 18.5 Å². The van der Waals surface area contributed by atoms with E-state index in [-0.39, 0.29) is 0 Å². The highest BCUT2D eigenvalue weighted by Crippen LogP contribution is 2.21. The molecule has 0 amide bonds. The zero-order valence-electron chi connectivity index (χ0n) is 9.76. The van der Waals surface area contributed by atoms with Gasteiger partial charge in [0.2, 0.25) is 0 Å². The van der Waals surface area contributed by atoms with Crippen LogP contribution in [0.2, 0.25) is 0 Å².